The maximum atomic E-state index is 8.92. The number of hydrogen-bond donors (Lipinski definition) is 1. The van der Waals surface area contributed by atoms with Crippen LogP contribution in [0, 0.1) is 0 Å². The van der Waals surface area contributed by atoms with Crippen LogP contribution in [0.15, 0.2) is 0 Å². The van der Waals surface area contributed by atoms with E-state index in [1.165, 1.54) is 0 Å². The first-order chi connectivity index (χ1) is 6.83. The fraction of sp³-hybridized carbons (Fsp3) is 0.750. The van der Waals surface area contributed by atoms with Gasteiger partial charge in [-0.1, -0.05) is 11.6 Å². The Morgan fingerprint density at radius 2 is 2.43 bits per heavy atom. The van der Waals surface area contributed by atoms with Crippen LogP contribution >= 0.6 is 23.3 Å². The standard InChI is InChI=1S/C8H12ClN3OS/c9-7-8(11-14-10-7)12-4-1-2-6(12)3-5-13/h6,13H,1-5H2. The molecule has 0 aliphatic carbocycles. The van der Waals surface area contributed by atoms with Gasteiger partial charge < -0.3 is 10.0 Å². The van der Waals surface area contributed by atoms with E-state index in [4.69, 9.17) is 16.7 Å². The Hall–Kier alpha value is -0.390. The highest BCUT2D eigenvalue weighted by Gasteiger charge is 2.27. The summed E-state index contributed by atoms with van der Waals surface area (Å²) in [6, 6.07) is 0.376. The Kier molecular flexibility index (Phi) is 3.20. The molecule has 0 bridgehead atoms. The summed E-state index contributed by atoms with van der Waals surface area (Å²) in [5, 5.41) is 9.40. The van der Waals surface area contributed by atoms with Crippen molar-refractivity contribution in [2.75, 3.05) is 18.1 Å². The van der Waals surface area contributed by atoms with E-state index in [-0.39, 0.29) is 6.61 Å². The maximum Gasteiger partial charge on any atom is 0.187 e. The third kappa shape index (κ3) is 1.85. The number of anilines is 1. The van der Waals surface area contributed by atoms with Crippen LogP contribution in [0.3, 0.4) is 0 Å². The predicted molar refractivity (Wildman–Crippen MR) is 57.0 cm³/mol. The van der Waals surface area contributed by atoms with Crippen LogP contribution in [0.4, 0.5) is 5.82 Å². The molecule has 0 radical (unpaired) electrons. The quantitative estimate of drug-likeness (QED) is 0.861. The lowest BCUT2D eigenvalue weighted by molar-refractivity contribution is 0.275. The number of nitrogens with zero attached hydrogens (tertiary/aromatic N) is 3. The van der Waals surface area contributed by atoms with Crippen molar-refractivity contribution in [2.45, 2.75) is 25.3 Å². The molecular weight excluding hydrogens is 222 g/mol. The number of aliphatic hydroxyl groups excluding tert-OH is 1. The summed E-state index contributed by atoms with van der Waals surface area (Å²) in [6.45, 7) is 1.19. The third-order valence-electron chi connectivity index (χ3n) is 2.54. The van der Waals surface area contributed by atoms with Gasteiger partial charge in [-0.05, 0) is 19.3 Å². The molecular formula is C8H12ClN3OS. The molecule has 1 aromatic rings. The summed E-state index contributed by atoms with van der Waals surface area (Å²) in [5.41, 5.74) is 0. The molecule has 2 rings (SSSR count). The van der Waals surface area contributed by atoms with E-state index in [1.54, 1.807) is 0 Å². The zero-order valence-corrected chi connectivity index (χ0v) is 9.26. The number of aliphatic hydroxyl groups is 1. The normalized spacial score (nSPS) is 21.9. The van der Waals surface area contributed by atoms with E-state index in [0.717, 1.165) is 43.4 Å². The summed E-state index contributed by atoms with van der Waals surface area (Å²) in [6.07, 6.45) is 3.03. The lowest BCUT2D eigenvalue weighted by Gasteiger charge is -2.23. The fourth-order valence-corrected chi connectivity index (χ4v) is 2.66. The van der Waals surface area contributed by atoms with E-state index in [0.29, 0.717) is 11.2 Å². The van der Waals surface area contributed by atoms with Crippen LogP contribution in [0.1, 0.15) is 19.3 Å². The molecule has 1 aromatic heterocycles. The molecule has 1 aliphatic rings. The molecule has 0 amide bonds. The van der Waals surface area contributed by atoms with E-state index < -0.39 is 0 Å². The second-order valence-electron chi connectivity index (χ2n) is 3.38. The SMILES string of the molecule is OCCC1CCCN1c1nsnc1Cl. The van der Waals surface area contributed by atoms with Crippen molar-refractivity contribution < 1.29 is 5.11 Å². The molecule has 4 nitrogen and oxygen atoms in total. The van der Waals surface area contributed by atoms with E-state index in [1.807, 2.05) is 0 Å². The van der Waals surface area contributed by atoms with Gasteiger partial charge in [-0.2, -0.15) is 8.75 Å². The van der Waals surface area contributed by atoms with Crippen molar-refractivity contribution in [3.63, 3.8) is 0 Å². The van der Waals surface area contributed by atoms with Gasteiger partial charge in [0.1, 0.15) is 0 Å². The van der Waals surface area contributed by atoms with Gasteiger partial charge in [0.2, 0.25) is 0 Å². The lowest BCUT2D eigenvalue weighted by Crippen LogP contribution is -2.30. The second-order valence-corrected chi connectivity index (χ2v) is 4.27. The summed E-state index contributed by atoms with van der Waals surface area (Å²) in [4.78, 5) is 2.15. The molecule has 14 heavy (non-hydrogen) atoms. The van der Waals surface area contributed by atoms with Gasteiger partial charge in [-0.25, -0.2) is 0 Å². The fourth-order valence-electron chi connectivity index (χ4n) is 1.91. The number of hydrogen-bond acceptors (Lipinski definition) is 5. The van der Waals surface area contributed by atoms with Gasteiger partial charge in [0.05, 0.1) is 11.7 Å². The Balaban J connectivity index is 2.13. The first-order valence-electron chi connectivity index (χ1n) is 4.68. The van der Waals surface area contributed by atoms with Gasteiger partial charge in [0, 0.05) is 19.2 Å². The predicted octanol–water partition coefficient (Wildman–Crippen LogP) is 1.54. The van der Waals surface area contributed by atoms with Crippen LogP contribution in [0.5, 0.6) is 0 Å². The molecule has 1 atom stereocenters. The van der Waals surface area contributed by atoms with Gasteiger partial charge in [0.15, 0.2) is 11.0 Å². The average Bonchev–Trinajstić information content (AvgIpc) is 2.74. The van der Waals surface area contributed by atoms with Crippen molar-refractivity contribution in [2.24, 2.45) is 0 Å². The monoisotopic (exact) mass is 233 g/mol. The molecule has 1 unspecified atom stereocenters. The molecule has 78 valence electrons. The maximum absolute atomic E-state index is 8.92. The van der Waals surface area contributed by atoms with E-state index in [9.17, 15) is 0 Å². The third-order valence-corrected chi connectivity index (χ3v) is 3.42. The molecule has 0 aromatic carbocycles. The molecule has 1 aliphatic heterocycles. The zero-order chi connectivity index (χ0) is 9.97. The van der Waals surface area contributed by atoms with Crippen molar-refractivity contribution in [1.82, 2.24) is 8.75 Å². The minimum atomic E-state index is 0.219. The van der Waals surface area contributed by atoms with Gasteiger partial charge in [-0.15, -0.1) is 0 Å². The molecule has 6 heteroatoms. The highest BCUT2D eigenvalue weighted by molar-refractivity contribution is 6.99. The van der Waals surface area contributed by atoms with Crippen molar-refractivity contribution in [3.8, 4) is 0 Å². The summed E-state index contributed by atoms with van der Waals surface area (Å²) in [7, 11) is 0. The van der Waals surface area contributed by atoms with Crippen LogP contribution in [-0.4, -0.2) is 33.0 Å². The van der Waals surface area contributed by atoms with Gasteiger partial charge >= 0.3 is 0 Å². The average molecular weight is 234 g/mol. The minimum absolute atomic E-state index is 0.219. The molecule has 1 fully saturated rings. The van der Waals surface area contributed by atoms with E-state index in [2.05, 4.69) is 13.6 Å². The Bertz CT molecular complexity index is 307. The zero-order valence-electron chi connectivity index (χ0n) is 7.69. The summed E-state index contributed by atoms with van der Waals surface area (Å²) >= 11 is 7.06. The number of halogens is 1. The van der Waals surface area contributed by atoms with Crippen LogP contribution in [-0.2, 0) is 0 Å². The van der Waals surface area contributed by atoms with Crippen LogP contribution in [0.25, 0.3) is 0 Å². The smallest absolute Gasteiger partial charge is 0.187 e. The Morgan fingerprint density at radius 1 is 1.57 bits per heavy atom. The molecule has 1 N–H and O–H groups in total. The Labute approximate surface area is 91.8 Å². The van der Waals surface area contributed by atoms with Crippen molar-refractivity contribution in [3.05, 3.63) is 5.15 Å². The molecule has 0 spiro atoms. The second kappa shape index (κ2) is 4.42. The first-order valence-corrected chi connectivity index (χ1v) is 5.79. The van der Waals surface area contributed by atoms with E-state index >= 15 is 0 Å². The highest BCUT2D eigenvalue weighted by atomic mass is 35.5. The molecule has 0 saturated carbocycles. The number of aromatic nitrogens is 2. The summed E-state index contributed by atoms with van der Waals surface area (Å²) in [5.74, 6) is 0.785. The van der Waals surface area contributed by atoms with Gasteiger partial charge in [-0.3, -0.25) is 0 Å². The minimum Gasteiger partial charge on any atom is -0.396 e. The van der Waals surface area contributed by atoms with Crippen LogP contribution in [0.2, 0.25) is 5.15 Å². The highest BCUT2D eigenvalue weighted by Crippen LogP contribution is 2.30. The molecule has 1 saturated heterocycles. The van der Waals surface area contributed by atoms with Crippen molar-refractivity contribution in [1.29, 1.82) is 0 Å². The lowest BCUT2D eigenvalue weighted by atomic mass is 10.1. The Morgan fingerprint density at radius 3 is 3.07 bits per heavy atom. The van der Waals surface area contributed by atoms with Gasteiger partial charge in [0.25, 0.3) is 0 Å². The number of rotatable bonds is 3. The first kappa shape index (κ1) is 10.1. The molecule has 2 heterocycles. The van der Waals surface area contributed by atoms with Crippen LogP contribution < -0.4 is 4.90 Å². The topological polar surface area (TPSA) is 49.2 Å². The largest absolute Gasteiger partial charge is 0.396 e. The van der Waals surface area contributed by atoms with Crippen molar-refractivity contribution >= 4 is 29.1 Å². The summed E-state index contributed by atoms with van der Waals surface area (Å²) < 4.78 is 8.12.